The van der Waals surface area contributed by atoms with Gasteiger partial charge in [-0.1, -0.05) is 66.7 Å². The fourth-order valence-corrected chi connectivity index (χ4v) is 2.79. The van der Waals surface area contributed by atoms with Gasteiger partial charge in [-0.05, 0) is 16.7 Å². The molecule has 0 aliphatic rings. The summed E-state index contributed by atoms with van der Waals surface area (Å²) in [5.41, 5.74) is 2.91. The second kappa shape index (κ2) is 7.55. The highest BCUT2D eigenvalue weighted by atomic mass is 16.5. The number of aromatic nitrogens is 1. The van der Waals surface area contributed by atoms with Crippen molar-refractivity contribution in [2.24, 2.45) is 0 Å². The average Bonchev–Trinajstić information content (AvgIpc) is 2.64. The smallest absolute Gasteiger partial charge is 0.212 e. The van der Waals surface area contributed by atoms with Gasteiger partial charge in [-0.15, -0.1) is 0 Å². The van der Waals surface area contributed by atoms with Crippen molar-refractivity contribution in [1.82, 2.24) is 4.98 Å². The number of ketones is 1. The Balaban J connectivity index is 1.89. The van der Waals surface area contributed by atoms with Crippen LogP contribution in [0.15, 0.2) is 79.0 Å². The van der Waals surface area contributed by atoms with Crippen LogP contribution in [-0.2, 0) is 11.2 Å². The minimum Gasteiger partial charge on any atom is -0.481 e. The maximum atomic E-state index is 13.0. The third kappa shape index (κ3) is 3.69. The second-order valence-electron chi connectivity index (χ2n) is 5.61. The van der Waals surface area contributed by atoms with Crippen LogP contribution >= 0.6 is 0 Å². The number of nitrogens with zero attached hydrogens (tertiary/aromatic N) is 1. The zero-order chi connectivity index (χ0) is 16.8. The van der Waals surface area contributed by atoms with Crippen molar-refractivity contribution in [1.29, 1.82) is 0 Å². The number of pyridine rings is 1. The lowest BCUT2D eigenvalue weighted by molar-refractivity contribution is -0.119. The summed E-state index contributed by atoms with van der Waals surface area (Å²) >= 11 is 0. The molecule has 120 valence electrons. The lowest BCUT2D eigenvalue weighted by Gasteiger charge is -2.17. The molecule has 0 N–H and O–H groups in total. The normalized spacial score (nSPS) is 10.6. The summed E-state index contributed by atoms with van der Waals surface area (Å²) in [6.07, 6.45) is 2.04. The molecule has 0 aliphatic carbocycles. The number of hydrogen-bond donors (Lipinski definition) is 0. The van der Waals surface area contributed by atoms with Crippen molar-refractivity contribution >= 4 is 5.78 Å². The Hall–Kier alpha value is -2.94. The van der Waals surface area contributed by atoms with Crippen LogP contribution in [0.2, 0.25) is 0 Å². The van der Waals surface area contributed by atoms with Gasteiger partial charge in [0.15, 0.2) is 0 Å². The molecule has 0 unspecified atom stereocenters. The Morgan fingerprint density at radius 1 is 0.917 bits per heavy atom. The quantitative estimate of drug-likeness (QED) is 0.689. The Labute approximate surface area is 142 Å². The van der Waals surface area contributed by atoms with Crippen LogP contribution in [-0.4, -0.2) is 17.9 Å². The number of rotatable bonds is 6. The first kappa shape index (κ1) is 15.9. The van der Waals surface area contributed by atoms with Crippen LogP contribution in [0.3, 0.4) is 0 Å². The van der Waals surface area contributed by atoms with Gasteiger partial charge in [0.2, 0.25) is 5.88 Å². The number of methoxy groups -OCH3 is 1. The van der Waals surface area contributed by atoms with Gasteiger partial charge in [0.1, 0.15) is 5.78 Å². The summed E-state index contributed by atoms with van der Waals surface area (Å²) in [6, 6.07) is 23.5. The van der Waals surface area contributed by atoms with E-state index >= 15 is 0 Å². The number of ether oxygens (including phenoxy) is 1. The van der Waals surface area contributed by atoms with Gasteiger partial charge in [-0.25, -0.2) is 4.98 Å². The predicted octanol–water partition coefficient (Wildman–Crippen LogP) is 4.03. The number of hydrogen-bond acceptors (Lipinski definition) is 3. The van der Waals surface area contributed by atoms with Crippen molar-refractivity contribution in [3.05, 3.63) is 95.7 Å². The largest absolute Gasteiger partial charge is 0.481 e. The lowest BCUT2D eigenvalue weighted by atomic mass is 9.85. The third-order valence-electron chi connectivity index (χ3n) is 3.97. The molecule has 0 radical (unpaired) electrons. The van der Waals surface area contributed by atoms with Gasteiger partial charge in [0.05, 0.1) is 13.0 Å². The topological polar surface area (TPSA) is 39.2 Å². The maximum Gasteiger partial charge on any atom is 0.212 e. The summed E-state index contributed by atoms with van der Waals surface area (Å²) < 4.78 is 5.06. The molecule has 3 heteroatoms. The van der Waals surface area contributed by atoms with Crippen molar-refractivity contribution < 1.29 is 9.53 Å². The molecule has 24 heavy (non-hydrogen) atoms. The SMILES string of the molecule is COc1ccc(CC(=O)C(c2ccccc2)c2ccccc2)cn1. The van der Waals surface area contributed by atoms with Gasteiger partial charge in [0, 0.05) is 18.7 Å². The summed E-state index contributed by atoms with van der Waals surface area (Å²) in [7, 11) is 1.58. The van der Waals surface area contributed by atoms with Gasteiger partial charge in [-0.2, -0.15) is 0 Å². The zero-order valence-corrected chi connectivity index (χ0v) is 13.6. The zero-order valence-electron chi connectivity index (χ0n) is 13.6. The monoisotopic (exact) mass is 317 g/mol. The molecule has 1 heterocycles. The molecule has 3 rings (SSSR count). The first-order chi connectivity index (χ1) is 11.8. The highest BCUT2D eigenvalue weighted by molar-refractivity contribution is 5.90. The molecule has 0 atom stereocenters. The van der Waals surface area contributed by atoms with E-state index in [0.717, 1.165) is 16.7 Å². The van der Waals surface area contributed by atoms with Gasteiger partial charge < -0.3 is 4.74 Å². The summed E-state index contributed by atoms with van der Waals surface area (Å²) in [5.74, 6) is 0.433. The Morgan fingerprint density at radius 3 is 1.96 bits per heavy atom. The van der Waals surface area contributed by atoms with Crippen LogP contribution in [0.1, 0.15) is 22.6 Å². The van der Waals surface area contributed by atoms with Crippen molar-refractivity contribution in [3.8, 4) is 5.88 Å². The van der Waals surface area contributed by atoms with E-state index in [1.54, 1.807) is 19.4 Å². The van der Waals surface area contributed by atoms with Crippen LogP contribution in [0.5, 0.6) is 5.88 Å². The first-order valence-electron chi connectivity index (χ1n) is 7.89. The van der Waals surface area contributed by atoms with Gasteiger partial charge in [0.25, 0.3) is 0 Å². The Morgan fingerprint density at radius 2 is 1.50 bits per heavy atom. The van der Waals surface area contributed by atoms with Crippen molar-refractivity contribution in [2.45, 2.75) is 12.3 Å². The lowest BCUT2D eigenvalue weighted by Crippen LogP contribution is -2.16. The van der Waals surface area contributed by atoms with E-state index in [2.05, 4.69) is 4.98 Å². The Kier molecular flexibility index (Phi) is 5.02. The average molecular weight is 317 g/mol. The molecular weight excluding hydrogens is 298 g/mol. The van der Waals surface area contributed by atoms with E-state index in [1.807, 2.05) is 66.7 Å². The highest BCUT2D eigenvalue weighted by Crippen LogP contribution is 2.27. The molecule has 0 fully saturated rings. The standard InChI is InChI=1S/C21H19NO2/c1-24-20-13-12-16(15-22-20)14-19(23)21(17-8-4-2-5-9-17)18-10-6-3-7-11-18/h2-13,15,21H,14H2,1H3. The van der Waals surface area contributed by atoms with E-state index in [4.69, 9.17) is 4.74 Å². The van der Waals surface area contributed by atoms with E-state index in [-0.39, 0.29) is 11.7 Å². The fourth-order valence-electron chi connectivity index (χ4n) is 2.79. The van der Waals surface area contributed by atoms with E-state index < -0.39 is 0 Å². The van der Waals surface area contributed by atoms with E-state index in [9.17, 15) is 4.79 Å². The molecule has 0 saturated carbocycles. The summed E-state index contributed by atoms with van der Waals surface area (Å²) in [4.78, 5) is 17.2. The summed E-state index contributed by atoms with van der Waals surface area (Å²) in [5, 5.41) is 0. The van der Waals surface area contributed by atoms with Crippen LogP contribution in [0.4, 0.5) is 0 Å². The van der Waals surface area contributed by atoms with E-state index in [1.165, 1.54) is 0 Å². The Bertz CT molecular complexity index is 744. The molecule has 1 aromatic heterocycles. The number of carbonyl (C=O) groups is 1. The molecular formula is C21H19NO2. The molecule has 3 nitrogen and oxygen atoms in total. The van der Waals surface area contributed by atoms with Gasteiger partial charge >= 0.3 is 0 Å². The number of carbonyl (C=O) groups excluding carboxylic acids is 1. The van der Waals surface area contributed by atoms with Crippen molar-refractivity contribution in [3.63, 3.8) is 0 Å². The van der Waals surface area contributed by atoms with E-state index in [0.29, 0.717) is 12.3 Å². The molecule has 3 aromatic rings. The van der Waals surface area contributed by atoms with Crippen LogP contribution in [0, 0.1) is 0 Å². The maximum absolute atomic E-state index is 13.0. The van der Waals surface area contributed by atoms with Crippen molar-refractivity contribution in [2.75, 3.05) is 7.11 Å². The molecule has 0 aliphatic heterocycles. The third-order valence-corrected chi connectivity index (χ3v) is 3.97. The predicted molar refractivity (Wildman–Crippen MR) is 94.2 cm³/mol. The molecule has 2 aromatic carbocycles. The molecule has 0 saturated heterocycles. The minimum atomic E-state index is -0.269. The second-order valence-corrected chi connectivity index (χ2v) is 5.61. The molecule has 0 bridgehead atoms. The summed E-state index contributed by atoms with van der Waals surface area (Å²) in [6.45, 7) is 0. The first-order valence-corrected chi connectivity index (χ1v) is 7.89. The fraction of sp³-hybridized carbons (Fsp3) is 0.143. The van der Waals surface area contributed by atoms with Crippen LogP contribution < -0.4 is 4.74 Å². The minimum absolute atomic E-state index is 0.152. The molecule has 0 amide bonds. The van der Waals surface area contributed by atoms with Crippen LogP contribution in [0.25, 0.3) is 0 Å². The number of Topliss-reactive ketones (excluding diaryl/α,β-unsaturated/α-hetero) is 1. The number of benzene rings is 2. The van der Waals surface area contributed by atoms with Gasteiger partial charge in [-0.3, -0.25) is 4.79 Å². The molecule has 0 spiro atoms. The highest BCUT2D eigenvalue weighted by Gasteiger charge is 2.22.